The van der Waals surface area contributed by atoms with Crippen LogP contribution in [-0.2, 0) is 12.8 Å². The summed E-state index contributed by atoms with van der Waals surface area (Å²) in [5, 5.41) is 0.745. The van der Waals surface area contributed by atoms with Crippen molar-refractivity contribution in [3.05, 3.63) is 95.4 Å². The molecule has 0 spiro atoms. The maximum absolute atomic E-state index is 6.13. The van der Waals surface area contributed by atoms with Crippen molar-refractivity contribution in [3.8, 4) is 28.4 Å². The summed E-state index contributed by atoms with van der Waals surface area (Å²) in [7, 11) is 1.69. The van der Waals surface area contributed by atoms with Crippen molar-refractivity contribution in [2.45, 2.75) is 12.8 Å². The Labute approximate surface area is 185 Å². The summed E-state index contributed by atoms with van der Waals surface area (Å²) in [4.78, 5) is 0. The van der Waals surface area contributed by atoms with E-state index in [2.05, 4.69) is 63.9 Å². The van der Waals surface area contributed by atoms with Gasteiger partial charge in [-0.05, 0) is 66.6 Å². The lowest BCUT2D eigenvalue weighted by Crippen LogP contribution is -3.00. The Morgan fingerprint density at radius 2 is 1.62 bits per heavy atom. The Hall–Kier alpha value is -2.56. The number of hydrogen-bond donors (Lipinski definition) is 0. The number of aromatic nitrogens is 2. The van der Waals surface area contributed by atoms with Crippen LogP contribution >= 0.6 is 11.6 Å². The molecule has 29 heavy (non-hydrogen) atoms. The van der Waals surface area contributed by atoms with E-state index in [1.54, 1.807) is 7.11 Å². The largest absolute Gasteiger partial charge is 1.00 e. The quantitative estimate of drug-likeness (QED) is 0.423. The Bertz CT molecular complexity index is 1150. The minimum absolute atomic E-state index is 0. The van der Waals surface area contributed by atoms with Crippen molar-refractivity contribution in [1.29, 1.82) is 0 Å². The Morgan fingerprint density at radius 1 is 0.897 bits per heavy atom. The standard InChI is InChI=1S/C24H20ClN2O.BrH/c1-28-21-13-11-20(12-14-21)27-23(18-6-9-19(25)10-7-18)16-26-22-5-3-2-4-17(22)8-15-24(26)27;/h2-7,9-14,16H,8,15H2,1H3;1H/q+1;/p-1. The van der Waals surface area contributed by atoms with Crippen LogP contribution in [0.15, 0.2) is 79.0 Å². The van der Waals surface area contributed by atoms with Gasteiger partial charge in [-0.25, -0.2) is 0 Å². The maximum Gasteiger partial charge on any atom is 0.267 e. The number of aryl methyl sites for hydroxylation is 1. The number of benzene rings is 3. The summed E-state index contributed by atoms with van der Waals surface area (Å²) in [5.41, 5.74) is 6.05. The number of nitrogens with zero attached hydrogens (tertiary/aromatic N) is 2. The van der Waals surface area contributed by atoms with E-state index in [0.717, 1.165) is 40.6 Å². The molecule has 3 aromatic carbocycles. The average molecular weight is 468 g/mol. The van der Waals surface area contributed by atoms with Crippen molar-refractivity contribution < 1.29 is 26.3 Å². The third-order valence-corrected chi connectivity index (χ3v) is 5.62. The summed E-state index contributed by atoms with van der Waals surface area (Å²) >= 11 is 6.13. The minimum atomic E-state index is 0. The van der Waals surface area contributed by atoms with Gasteiger partial charge < -0.3 is 21.7 Å². The van der Waals surface area contributed by atoms with Gasteiger partial charge in [0.15, 0.2) is 5.69 Å². The van der Waals surface area contributed by atoms with Gasteiger partial charge in [0.05, 0.1) is 13.5 Å². The van der Waals surface area contributed by atoms with Gasteiger partial charge in [0.2, 0.25) is 0 Å². The van der Waals surface area contributed by atoms with Crippen LogP contribution in [0.5, 0.6) is 5.75 Å². The van der Waals surface area contributed by atoms with Gasteiger partial charge in [-0.15, -0.1) is 0 Å². The highest BCUT2D eigenvalue weighted by Crippen LogP contribution is 2.30. The predicted octanol–water partition coefficient (Wildman–Crippen LogP) is 2.19. The number of para-hydroxylation sites is 1. The molecule has 3 nitrogen and oxygen atoms in total. The van der Waals surface area contributed by atoms with Crippen LogP contribution in [0.1, 0.15) is 11.4 Å². The van der Waals surface area contributed by atoms with E-state index >= 15 is 0 Å². The van der Waals surface area contributed by atoms with Gasteiger partial charge in [0, 0.05) is 10.6 Å². The molecule has 0 radical (unpaired) electrons. The SMILES string of the molecule is COc1ccc(-n2c(-c3ccc(Cl)cc3)c[n+]3c2CCc2ccccc2-3)cc1.[Br-]. The van der Waals surface area contributed by atoms with Gasteiger partial charge >= 0.3 is 0 Å². The molecule has 146 valence electrons. The highest BCUT2D eigenvalue weighted by molar-refractivity contribution is 6.30. The molecular weight excluding hydrogens is 448 g/mol. The third-order valence-electron chi connectivity index (χ3n) is 5.37. The fraction of sp³-hybridized carbons (Fsp3) is 0.125. The van der Waals surface area contributed by atoms with Crippen LogP contribution in [0.4, 0.5) is 0 Å². The molecule has 0 amide bonds. The van der Waals surface area contributed by atoms with E-state index in [9.17, 15) is 0 Å². The first-order chi connectivity index (χ1) is 13.7. The Morgan fingerprint density at radius 3 is 2.34 bits per heavy atom. The van der Waals surface area contributed by atoms with Crippen molar-refractivity contribution in [3.63, 3.8) is 0 Å². The molecule has 0 saturated heterocycles. The predicted molar refractivity (Wildman–Crippen MR) is 112 cm³/mol. The Kier molecular flexibility index (Phi) is 5.48. The molecule has 0 fully saturated rings. The molecule has 4 aromatic rings. The fourth-order valence-electron chi connectivity index (χ4n) is 3.99. The average Bonchev–Trinajstić information content (AvgIpc) is 3.14. The molecule has 1 aromatic heterocycles. The molecule has 0 unspecified atom stereocenters. The third kappa shape index (κ3) is 3.47. The van der Waals surface area contributed by atoms with Crippen molar-refractivity contribution in [1.82, 2.24) is 4.57 Å². The lowest BCUT2D eigenvalue weighted by molar-refractivity contribution is -0.606. The molecule has 0 atom stereocenters. The lowest BCUT2D eigenvalue weighted by Gasteiger charge is -2.14. The smallest absolute Gasteiger partial charge is 0.267 e. The topological polar surface area (TPSA) is 18.0 Å². The first kappa shape index (κ1) is 19.7. The molecule has 1 aliphatic heterocycles. The summed E-state index contributed by atoms with van der Waals surface area (Å²) in [5.74, 6) is 2.13. The molecule has 0 N–H and O–H groups in total. The first-order valence-corrected chi connectivity index (χ1v) is 9.77. The minimum Gasteiger partial charge on any atom is -1.00 e. The van der Waals surface area contributed by atoms with Gasteiger partial charge in [0.1, 0.15) is 23.3 Å². The molecule has 0 bridgehead atoms. The monoisotopic (exact) mass is 466 g/mol. The van der Waals surface area contributed by atoms with Crippen molar-refractivity contribution >= 4 is 11.6 Å². The molecule has 5 heteroatoms. The van der Waals surface area contributed by atoms with Crippen molar-refractivity contribution in [2.24, 2.45) is 0 Å². The summed E-state index contributed by atoms with van der Waals surface area (Å²) in [6, 6.07) is 24.9. The zero-order valence-electron chi connectivity index (χ0n) is 16.0. The highest BCUT2D eigenvalue weighted by Gasteiger charge is 2.31. The van der Waals surface area contributed by atoms with E-state index in [-0.39, 0.29) is 17.0 Å². The second-order valence-corrected chi connectivity index (χ2v) is 7.41. The molecule has 0 saturated carbocycles. The molecule has 0 aliphatic carbocycles. The zero-order chi connectivity index (χ0) is 19.1. The molecule has 5 rings (SSSR count). The van der Waals surface area contributed by atoms with Crippen LogP contribution in [0.3, 0.4) is 0 Å². The van der Waals surface area contributed by atoms with Crippen LogP contribution in [0, 0.1) is 0 Å². The molecule has 1 aliphatic rings. The summed E-state index contributed by atoms with van der Waals surface area (Å²) in [6.07, 6.45) is 4.26. The van der Waals surface area contributed by atoms with Crippen LogP contribution in [0.25, 0.3) is 22.6 Å². The van der Waals surface area contributed by atoms with Gasteiger partial charge in [0.25, 0.3) is 5.82 Å². The number of halogens is 2. The Balaban J connectivity index is 0.00000205. The van der Waals surface area contributed by atoms with Crippen LogP contribution < -0.4 is 26.3 Å². The van der Waals surface area contributed by atoms with E-state index in [1.807, 2.05) is 24.3 Å². The normalized spacial score (nSPS) is 11.9. The number of fused-ring (bicyclic) bond motifs is 3. The number of hydrogen-bond acceptors (Lipinski definition) is 1. The van der Waals surface area contributed by atoms with E-state index in [4.69, 9.17) is 16.3 Å². The van der Waals surface area contributed by atoms with Crippen LogP contribution in [0.2, 0.25) is 5.02 Å². The van der Waals surface area contributed by atoms with Gasteiger partial charge in [-0.3, -0.25) is 0 Å². The highest BCUT2D eigenvalue weighted by atomic mass is 79.9. The van der Waals surface area contributed by atoms with E-state index in [1.165, 1.54) is 17.1 Å². The summed E-state index contributed by atoms with van der Waals surface area (Å²) in [6.45, 7) is 0. The maximum atomic E-state index is 6.13. The van der Waals surface area contributed by atoms with Gasteiger partial charge in [-0.2, -0.15) is 9.13 Å². The second-order valence-electron chi connectivity index (χ2n) is 6.97. The fourth-order valence-corrected chi connectivity index (χ4v) is 4.12. The number of rotatable bonds is 3. The van der Waals surface area contributed by atoms with E-state index in [0.29, 0.717) is 0 Å². The molecule has 2 heterocycles. The summed E-state index contributed by atoms with van der Waals surface area (Å²) < 4.78 is 10.0. The van der Waals surface area contributed by atoms with E-state index < -0.39 is 0 Å². The zero-order valence-corrected chi connectivity index (χ0v) is 18.3. The number of ether oxygens (including phenoxy) is 1. The lowest BCUT2D eigenvalue weighted by atomic mass is 10.0. The molecular formula is C24H20BrClN2O. The van der Waals surface area contributed by atoms with Gasteiger partial charge in [-0.1, -0.05) is 29.8 Å². The van der Waals surface area contributed by atoms with Crippen molar-refractivity contribution in [2.75, 3.05) is 7.11 Å². The first-order valence-electron chi connectivity index (χ1n) is 9.39. The second kappa shape index (κ2) is 8.05. The number of methoxy groups -OCH3 is 1. The van der Waals surface area contributed by atoms with Crippen LogP contribution in [-0.4, -0.2) is 11.7 Å². The number of imidazole rings is 1.